The van der Waals surface area contributed by atoms with Gasteiger partial charge in [-0.1, -0.05) is 12.8 Å². The molecule has 25 heavy (non-hydrogen) atoms. The van der Waals surface area contributed by atoms with Crippen LogP contribution < -0.4 is 10.6 Å². The molecular weight excluding hydrogens is 447 g/mol. The number of hydrogen-bond acceptors (Lipinski definition) is 4. The van der Waals surface area contributed by atoms with Crippen molar-refractivity contribution < 1.29 is 4.42 Å². The molecule has 1 aliphatic carbocycles. The van der Waals surface area contributed by atoms with Gasteiger partial charge < -0.3 is 15.1 Å². The Bertz CT molecular complexity index is 511. The molecule has 0 amide bonds. The van der Waals surface area contributed by atoms with E-state index in [-0.39, 0.29) is 24.0 Å². The van der Waals surface area contributed by atoms with Crippen LogP contribution in [0.4, 0.5) is 0 Å². The third kappa shape index (κ3) is 5.79. The molecule has 2 heterocycles. The molecule has 2 fully saturated rings. The Kier molecular flexibility index (Phi) is 8.92. The van der Waals surface area contributed by atoms with Gasteiger partial charge in [0.2, 0.25) is 0 Å². The number of nitrogens with one attached hydrogen (secondary N) is 2. The highest BCUT2D eigenvalue weighted by molar-refractivity contribution is 14.0. The topological polar surface area (TPSA) is 52.8 Å². The van der Waals surface area contributed by atoms with Crippen molar-refractivity contribution in [1.29, 1.82) is 0 Å². The molecule has 0 spiro atoms. The van der Waals surface area contributed by atoms with E-state index in [0.29, 0.717) is 5.54 Å². The Morgan fingerprint density at radius 1 is 1.28 bits per heavy atom. The molecule has 0 unspecified atom stereocenters. The largest absolute Gasteiger partial charge is 0.469 e. The van der Waals surface area contributed by atoms with Crippen molar-refractivity contribution in [3.63, 3.8) is 0 Å². The minimum atomic E-state index is 0. The molecule has 3 rings (SSSR count). The summed E-state index contributed by atoms with van der Waals surface area (Å²) in [5.41, 5.74) is 0.333. The average molecular weight is 478 g/mol. The summed E-state index contributed by atoms with van der Waals surface area (Å²) in [6.45, 7) is 4.30. The number of rotatable bonds is 6. The van der Waals surface area contributed by atoms with E-state index in [4.69, 9.17) is 4.42 Å². The molecule has 0 aromatic carbocycles. The van der Waals surface area contributed by atoms with Gasteiger partial charge in [0.15, 0.2) is 5.96 Å². The number of guanidine groups is 1. The van der Waals surface area contributed by atoms with E-state index in [9.17, 15) is 0 Å². The molecule has 1 aliphatic heterocycles. The smallest absolute Gasteiger partial charge is 0.191 e. The number of hydrogen-bond donors (Lipinski definition) is 2. The van der Waals surface area contributed by atoms with Crippen molar-refractivity contribution in [2.75, 3.05) is 44.7 Å². The molecule has 0 atom stereocenters. The van der Waals surface area contributed by atoms with Crippen LogP contribution in [0.1, 0.15) is 31.4 Å². The first-order valence-electron chi connectivity index (χ1n) is 9.12. The van der Waals surface area contributed by atoms with Crippen molar-refractivity contribution in [2.45, 2.75) is 37.6 Å². The van der Waals surface area contributed by atoms with Gasteiger partial charge in [-0.3, -0.25) is 9.89 Å². The van der Waals surface area contributed by atoms with Crippen LogP contribution in [0.2, 0.25) is 0 Å². The maximum Gasteiger partial charge on any atom is 0.191 e. The Balaban J connectivity index is 0.00000225. The van der Waals surface area contributed by atoms with E-state index in [0.717, 1.165) is 31.2 Å². The minimum absolute atomic E-state index is 0. The Morgan fingerprint density at radius 3 is 2.68 bits per heavy atom. The minimum Gasteiger partial charge on any atom is -0.469 e. The van der Waals surface area contributed by atoms with Crippen LogP contribution in [-0.4, -0.2) is 61.1 Å². The van der Waals surface area contributed by atoms with Gasteiger partial charge in [-0.05, 0) is 25.0 Å². The van der Waals surface area contributed by atoms with Gasteiger partial charge in [0.25, 0.3) is 0 Å². The van der Waals surface area contributed by atoms with Crippen LogP contribution >= 0.6 is 35.7 Å². The molecule has 1 aromatic rings. The second kappa shape index (κ2) is 10.7. The van der Waals surface area contributed by atoms with Gasteiger partial charge in [0, 0.05) is 56.7 Å². The lowest BCUT2D eigenvalue weighted by Gasteiger charge is -2.43. The van der Waals surface area contributed by atoms with E-state index in [2.05, 4.69) is 32.3 Å². The molecule has 0 radical (unpaired) electrons. The predicted molar refractivity (Wildman–Crippen MR) is 117 cm³/mol. The molecule has 2 aliphatic rings. The first-order valence-corrected chi connectivity index (χ1v) is 10.3. The first kappa shape index (κ1) is 20.9. The average Bonchev–Trinajstić information content (AvgIpc) is 3.31. The fourth-order valence-electron chi connectivity index (χ4n) is 3.90. The maximum absolute atomic E-state index is 5.38. The normalized spacial score (nSPS) is 20.9. The molecule has 1 saturated heterocycles. The summed E-state index contributed by atoms with van der Waals surface area (Å²) in [4.78, 5) is 7.12. The van der Waals surface area contributed by atoms with E-state index < -0.39 is 0 Å². The fraction of sp³-hybridized carbons (Fsp3) is 0.722. The number of aliphatic imine (C=N–C) groups is 1. The van der Waals surface area contributed by atoms with Crippen LogP contribution in [0.3, 0.4) is 0 Å². The van der Waals surface area contributed by atoms with E-state index in [1.54, 1.807) is 6.26 Å². The SMILES string of the molecule is CN=C(NCCc1ccco1)NCC1(N2CCSCC2)CCCC1.I. The summed E-state index contributed by atoms with van der Waals surface area (Å²) in [5, 5.41) is 7.00. The van der Waals surface area contributed by atoms with Gasteiger partial charge >= 0.3 is 0 Å². The Morgan fingerprint density at radius 2 is 2.04 bits per heavy atom. The molecule has 142 valence electrons. The second-order valence-electron chi connectivity index (χ2n) is 6.71. The lowest BCUT2D eigenvalue weighted by molar-refractivity contribution is 0.107. The fourth-order valence-corrected chi connectivity index (χ4v) is 4.81. The summed E-state index contributed by atoms with van der Waals surface area (Å²) in [7, 11) is 1.85. The van der Waals surface area contributed by atoms with Crippen molar-refractivity contribution in [3.05, 3.63) is 24.2 Å². The third-order valence-corrected chi connectivity index (χ3v) is 6.21. The number of nitrogens with zero attached hydrogens (tertiary/aromatic N) is 2. The molecule has 2 N–H and O–H groups in total. The van der Waals surface area contributed by atoms with Gasteiger partial charge in [0.05, 0.1) is 6.26 Å². The summed E-state index contributed by atoms with van der Waals surface area (Å²) in [6, 6.07) is 3.95. The first-order chi connectivity index (χ1) is 11.8. The lowest BCUT2D eigenvalue weighted by atomic mass is 9.94. The summed E-state index contributed by atoms with van der Waals surface area (Å²) in [6.07, 6.45) is 7.94. The van der Waals surface area contributed by atoms with Gasteiger partial charge in [0.1, 0.15) is 5.76 Å². The maximum atomic E-state index is 5.38. The van der Waals surface area contributed by atoms with Crippen molar-refractivity contribution >= 4 is 41.7 Å². The van der Waals surface area contributed by atoms with Crippen LogP contribution in [0.15, 0.2) is 27.8 Å². The molecule has 1 aromatic heterocycles. The zero-order valence-electron chi connectivity index (χ0n) is 15.1. The molecule has 1 saturated carbocycles. The van der Waals surface area contributed by atoms with Gasteiger partial charge in [-0.25, -0.2) is 0 Å². The quantitative estimate of drug-likeness (QED) is 0.374. The van der Waals surface area contributed by atoms with Gasteiger partial charge in [-0.2, -0.15) is 11.8 Å². The molecule has 7 heteroatoms. The molecular formula is C18H31IN4OS. The van der Waals surface area contributed by atoms with E-state index in [1.807, 2.05) is 19.2 Å². The monoisotopic (exact) mass is 478 g/mol. The summed E-state index contributed by atoms with van der Waals surface area (Å²) < 4.78 is 5.38. The molecule has 0 bridgehead atoms. The van der Waals surface area contributed by atoms with Gasteiger partial charge in [-0.15, -0.1) is 24.0 Å². The zero-order chi connectivity index (χ0) is 16.7. The van der Waals surface area contributed by atoms with E-state index >= 15 is 0 Å². The molecule has 5 nitrogen and oxygen atoms in total. The standard InChI is InChI=1S/C18H30N4OS.HI/c1-19-17(20-9-6-16-5-4-12-23-16)21-15-18(7-2-3-8-18)22-10-13-24-14-11-22;/h4-5,12H,2-3,6-11,13-15H2,1H3,(H2,19,20,21);1H. The predicted octanol–water partition coefficient (Wildman–Crippen LogP) is 2.97. The van der Waals surface area contributed by atoms with Crippen molar-refractivity contribution in [1.82, 2.24) is 15.5 Å². The van der Waals surface area contributed by atoms with Crippen LogP contribution in [0.25, 0.3) is 0 Å². The highest BCUT2D eigenvalue weighted by atomic mass is 127. The zero-order valence-corrected chi connectivity index (χ0v) is 18.3. The Hall–Kier alpha value is -0.410. The number of furan rings is 1. The Labute approximate surface area is 172 Å². The lowest BCUT2D eigenvalue weighted by Crippen LogP contribution is -2.57. The van der Waals surface area contributed by atoms with E-state index in [1.165, 1.54) is 50.3 Å². The summed E-state index contributed by atoms with van der Waals surface area (Å²) in [5.74, 6) is 4.46. The number of halogens is 1. The van der Waals surface area contributed by atoms with Crippen LogP contribution in [0, 0.1) is 0 Å². The van der Waals surface area contributed by atoms with Crippen LogP contribution in [0.5, 0.6) is 0 Å². The summed E-state index contributed by atoms with van der Waals surface area (Å²) >= 11 is 2.09. The highest BCUT2D eigenvalue weighted by Gasteiger charge is 2.39. The van der Waals surface area contributed by atoms with Crippen molar-refractivity contribution in [2.24, 2.45) is 4.99 Å². The number of thioether (sulfide) groups is 1. The van der Waals surface area contributed by atoms with Crippen molar-refractivity contribution in [3.8, 4) is 0 Å². The second-order valence-corrected chi connectivity index (χ2v) is 7.94. The van der Waals surface area contributed by atoms with Crippen LogP contribution in [-0.2, 0) is 6.42 Å². The third-order valence-electron chi connectivity index (χ3n) is 5.27. The highest BCUT2D eigenvalue weighted by Crippen LogP contribution is 2.36.